The van der Waals surface area contributed by atoms with E-state index in [4.69, 9.17) is 0 Å². The van der Waals surface area contributed by atoms with Crippen LogP contribution >= 0.6 is 0 Å². The van der Waals surface area contributed by atoms with E-state index in [1.807, 2.05) is 13.8 Å². The second-order valence-electron chi connectivity index (χ2n) is 6.08. The lowest BCUT2D eigenvalue weighted by atomic mass is 10.1. The molecule has 0 aliphatic carbocycles. The van der Waals surface area contributed by atoms with Crippen molar-refractivity contribution >= 4 is 22.8 Å². The highest BCUT2D eigenvalue weighted by atomic mass is 16.3. The smallest absolute Gasteiger partial charge is 0.267 e. The van der Waals surface area contributed by atoms with Gasteiger partial charge in [-0.15, -0.1) is 0 Å². The van der Waals surface area contributed by atoms with Gasteiger partial charge in [0.2, 0.25) is 5.95 Å². The van der Waals surface area contributed by atoms with Gasteiger partial charge in [0.15, 0.2) is 0 Å². The number of nitrogens with zero attached hydrogens (tertiary/aromatic N) is 3. The van der Waals surface area contributed by atoms with Gasteiger partial charge < -0.3 is 9.67 Å². The van der Waals surface area contributed by atoms with Gasteiger partial charge in [-0.1, -0.05) is 26.0 Å². The van der Waals surface area contributed by atoms with Crippen molar-refractivity contribution in [2.24, 2.45) is 5.92 Å². The van der Waals surface area contributed by atoms with Crippen LogP contribution in [0.25, 0.3) is 10.9 Å². The molecule has 0 atom stereocenters. The summed E-state index contributed by atoms with van der Waals surface area (Å²) in [6.07, 6.45) is 2.94. The number of hydrogen-bond donors (Lipinski definition) is 2. The molecular formula is C18H18N4O3. The minimum absolute atomic E-state index is 0.0647. The second kappa shape index (κ2) is 6.72. The molecule has 2 aromatic heterocycles. The third kappa shape index (κ3) is 3.21. The average Bonchev–Trinajstić information content (AvgIpc) is 2.59. The van der Waals surface area contributed by atoms with Crippen molar-refractivity contribution in [3.63, 3.8) is 0 Å². The lowest BCUT2D eigenvalue weighted by Gasteiger charge is -2.16. The summed E-state index contributed by atoms with van der Waals surface area (Å²) < 4.78 is 1.51. The zero-order valence-corrected chi connectivity index (χ0v) is 13.9. The Morgan fingerprint density at radius 1 is 1.20 bits per heavy atom. The monoisotopic (exact) mass is 338 g/mol. The first-order valence-corrected chi connectivity index (χ1v) is 7.92. The average molecular weight is 338 g/mol. The normalized spacial score (nSPS) is 11.0. The molecule has 128 valence electrons. The van der Waals surface area contributed by atoms with Crippen LogP contribution < -0.4 is 10.9 Å². The maximum atomic E-state index is 12.9. The number of aromatic hydroxyl groups is 1. The van der Waals surface area contributed by atoms with Gasteiger partial charge in [-0.05, 0) is 24.1 Å². The van der Waals surface area contributed by atoms with Crippen molar-refractivity contribution in [3.8, 4) is 5.75 Å². The Kier molecular flexibility index (Phi) is 4.47. The molecule has 0 spiro atoms. The molecule has 2 N–H and O–H groups in total. The predicted molar refractivity (Wildman–Crippen MR) is 94.7 cm³/mol. The zero-order chi connectivity index (χ0) is 18.0. The van der Waals surface area contributed by atoms with Gasteiger partial charge in [0.05, 0.1) is 5.52 Å². The SMILES string of the molecule is CC(C)Cn1c(=O)c(C(=O)Nc2ncccn2)c(O)c2ccccc21. The highest BCUT2D eigenvalue weighted by molar-refractivity contribution is 6.08. The minimum atomic E-state index is -0.739. The molecule has 0 radical (unpaired) electrons. The van der Waals surface area contributed by atoms with Gasteiger partial charge in [0.1, 0.15) is 11.3 Å². The van der Waals surface area contributed by atoms with Crippen LogP contribution in [0, 0.1) is 5.92 Å². The first-order chi connectivity index (χ1) is 12.0. The molecule has 3 aromatic rings. The fourth-order valence-electron chi connectivity index (χ4n) is 2.67. The lowest BCUT2D eigenvalue weighted by Crippen LogP contribution is -2.31. The Morgan fingerprint density at radius 3 is 2.56 bits per heavy atom. The molecule has 2 heterocycles. The fraction of sp³-hybridized carbons (Fsp3) is 0.222. The minimum Gasteiger partial charge on any atom is -0.506 e. The number of amides is 1. The number of benzene rings is 1. The van der Waals surface area contributed by atoms with Gasteiger partial charge in [-0.25, -0.2) is 9.97 Å². The molecule has 0 unspecified atom stereocenters. The molecule has 0 fully saturated rings. The summed E-state index contributed by atoms with van der Waals surface area (Å²) in [5.41, 5.74) is -0.267. The van der Waals surface area contributed by atoms with Crippen molar-refractivity contribution in [3.05, 3.63) is 58.6 Å². The number of para-hydroxylation sites is 1. The second-order valence-corrected chi connectivity index (χ2v) is 6.08. The van der Waals surface area contributed by atoms with Crippen molar-refractivity contribution in [1.29, 1.82) is 0 Å². The Labute approximate surface area is 144 Å². The van der Waals surface area contributed by atoms with E-state index in [9.17, 15) is 14.7 Å². The van der Waals surface area contributed by atoms with Gasteiger partial charge in [-0.2, -0.15) is 0 Å². The maximum Gasteiger partial charge on any atom is 0.267 e. The molecule has 0 saturated carbocycles. The summed E-state index contributed by atoms with van der Waals surface area (Å²) >= 11 is 0. The molecular weight excluding hydrogens is 320 g/mol. The van der Waals surface area contributed by atoms with Crippen LogP contribution in [0.1, 0.15) is 24.2 Å². The highest BCUT2D eigenvalue weighted by Crippen LogP contribution is 2.27. The molecule has 0 saturated heterocycles. The number of fused-ring (bicyclic) bond motifs is 1. The third-order valence-corrected chi connectivity index (χ3v) is 3.71. The number of carbonyl (C=O) groups is 1. The molecule has 0 aliphatic rings. The summed E-state index contributed by atoms with van der Waals surface area (Å²) in [7, 11) is 0. The number of hydrogen-bond acceptors (Lipinski definition) is 5. The molecule has 7 heteroatoms. The van der Waals surface area contributed by atoms with Crippen LogP contribution in [0.4, 0.5) is 5.95 Å². The summed E-state index contributed by atoms with van der Waals surface area (Å²) in [5, 5.41) is 13.4. The number of rotatable bonds is 4. The molecule has 3 rings (SSSR count). The van der Waals surface area contributed by atoms with Crippen LogP contribution in [0.15, 0.2) is 47.5 Å². The van der Waals surface area contributed by atoms with E-state index in [2.05, 4.69) is 15.3 Å². The number of pyridine rings is 1. The Balaban J connectivity index is 2.17. The molecule has 0 bridgehead atoms. The number of nitrogens with one attached hydrogen (secondary N) is 1. The van der Waals surface area contributed by atoms with E-state index in [-0.39, 0.29) is 23.2 Å². The topological polar surface area (TPSA) is 97.1 Å². The first kappa shape index (κ1) is 16.6. The van der Waals surface area contributed by atoms with E-state index in [1.165, 1.54) is 17.0 Å². The molecule has 1 aromatic carbocycles. The van der Waals surface area contributed by atoms with Crippen LogP contribution in [0.5, 0.6) is 5.75 Å². The van der Waals surface area contributed by atoms with E-state index >= 15 is 0 Å². The van der Waals surface area contributed by atoms with E-state index in [0.29, 0.717) is 17.4 Å². The van der Waals surface area contributed by atoms with Gasteiger partial charge in [0.25, 0.3) is 11.5 Å². The molecule has 7 nitrogen and oxygen atoms in total. The van der Waals surface area contributed by atoms with Crippen molar-refractivity contribution in [2.75, 3.05) is 5.32 Å². The van der Waals surface area contributed by atoms with Gasteiger partial charge >= 0.3 is 0 Å². The molecule has 25 heavy (non-hydrogen) atoms. The highest BCUT2D eigenvalue weighted by Gasteiger charge is 2.23. The summed E-state index contributed by atoms with van der Waals surface area (Å²) in [5.74, 6) is -0.820. The van der Waals surface area contributed by atoms with Crippen molar-refractivity contribution < 1.29 is 9.90 Å². The van der Waals surface area contributed by atoms with E-state index in [1.54, 1.807) is 30.3 Å². The molecule has 1 amide bonds. The van der Waals surface area contributed by atoms with Crippen molar-refractivity contribution in [2.45, 2.75) is 20.4 Å². The quantitative estimate of drug-likeness (QED) is 0.761. The number of aromatic nitrogens is 3. The van der Waals surface area contributed by atoms with Gasteiger partial charge in [-0.3, -0.25) is 14.9 Å². The number of carbonyl (C=O) groups excluding carboxylic acids is 1. The Bertz CT molecular complexity index is 981. The van der Waals surface area contributed by atoms with Crippen LogP contribution in [-0.4, -0.2) is 25.5 Å². The summed E-state index contributed by atoms with van der Waals surface area (Å²) in [6, 6.07) is 8.57. The zero-order valence-electron chi connectivity index (χ0n) is 13.9. The third-order valence-electron chi connectivity index (χ3n) is 3.71. The van der Waals surface area contributed by atoms with E-state index in [0.717, 1.165) is 0 Å². The Hall–Kier alpha value is -3.22. The largest absolute Gasteiger partial charge is 0.506 e. The standard InChI is InChI=1S/C18H18N4O3/c1-11(2)10-22-13-7-4-3-6-12(13)15(23)14(17(22)25)16(24)21-18-19-8-5-9-20-18/h3-9,11,23H,10H2,1-2H3,(H,19,20,21,24). The predicted octanol–water partition coefficient (Wildman–Crippen LogP) is 2.41. The van der Waals surface area contributed by atoms with Gasteiger partial charge in [0, 0.05) is 24.3 Å². The summed E-state index contributed by atoms with van der Waals surface area (Å²) in [6.45, 7) is 4.39. The lowest BCUT2D eigenvalue weighted by molar-refractivity contribution is 0.102. The first-order valence-electron chi connectivity index (χ1n) is 7.92. The summed E-state index contributed by atoms with van der Waals surface area (Å²) in [4.78, 5) is 33.3. The van der Waals surface area contributed by atoms with Crippen molar-refractivity contribution in [1.82, 2.24) is 14.5 Å². The van der Waals surface area contributed by atoms with E-state index < -0.39 is 11.5 Å². The van der Waals surface area contributed by atoms with Crippen LogP contribution in [0.2, 0.25) is 0 Å². The maximum absolute atomic E-state index is 12.9. The molecule has 0 aliphatic heterocycles. The Morgan fingerprint density at radius 2 is 1.88 bits per heavy atom. The van der Waals surface area contributed by atoms with Crippen LogP contribution in [0.3, 0.4) is 0 Å². The number of anilines is 1. The van der Waals surface area contributed by atoms with Crippen LogP contribution in [-0.2, 0) is 6.54 Å². The fourth-order valence-corrected chi connectivity index (χ4v) is 2.67.